The molecule has 0 fully saturated rings. The fraction of sp³-hybridized carbons (Fsp3) is 0.333. The van der Waals surface area contributed by atoms with E-state index in [1.807, 2.05) is 0 Å². The molecular weight excluding hydrogens is 437 g/mol. The maximum atomic E-state index is 12.9. The predicted octanol–water partition coefficient (Wildman–Crippen LogP) is 1.31. The third-order valence-electron chi connectivity index (χ3n) is 4.63. The van der Waals surface area contributed by atoms with E-state index in [1.165, 1.54) is 12.1 Å². The van der Waals surface area contributed by atoms with Crippen molar-refractivity contribution in [3.8, 4) is 0 Å². The van der Waals surface area contributed by atoms with Gasteiger partial charge in [0.2, 0.25) is 15.9 Å². The molecule has 2 heterocycles. The van der Waals surface area contributed by atoms with Crippen molar-refractivity contribution < 1.29 is 26.4 Å². The zero-order chi connectivity index (χ0) is 23.0. The number of hydrogen-bond donors (Lipinski definition) is 2. The molecule has 13 heteroatoms. The maximum Gasteiger partial charge on any atom is 0.453 e. The summed E-state index contributed by atoms with van der Waals surface area (Å²) in [6.45, 7) is 3.42. The van der Waals surface area contributed by atoms with E-state index < -0.39 is 22.0 Å². The maximum absolute atomic E-state index is 12.9. The highest BCUT2D eigenvalue weighted by molar-refractivity contribution is 7.89. The van der Waals surface area contributed by atoms with Gasteiger partial charge in [-0.25, -0.2) is 23.1 Å². The number of nitrogens with one attached hydrogen (secondary N) is 1. The summed E-state index contributed by atoms with van der Waals surface area (Å²) in [6, 6.07) is 5.96. The summed E-state index contributed by atoms with van der Waals surface area (Å²) in [5, 5.41) is 11.2. The highest BCUT2D eigenvalue weighted by atomic mass is 32.2. The average molecular weight is 456 g/mol. The second-order valence-corrected chi connectivity index (χ2v) is 8.43. The molecule has 1 aromatic carbocycles. The predicted molar refractivity (Wildman–Crippen MR) is 103 cm³/mol. The number of benzene rings is 1. The molecule has 0 aliphatic heterocycles. The van der Waals surface area contributed by atoms with Gasteiger partial charge in [-0.15, -0.1) is 5.10 Å². The van der Waals surface area contributed by atoms with Gasteiger partial charge in [-0.2, -0.15) is 18.2 Å². The Hall–Kier alpha value is -3.06. The summed E-state index contributed by atoms with van der Waals surface area (Å²) in [6.07, 6.45) is -4.34. The molecule has 0 radical (unpaired) electrons. The third kappa shape index (κ3) is 5.17. The van der Waals surface area contributed by atoms with Crippen molar-refractivity contribution >= 4 is 21.7 Å². The van der Waals surface area contributed by atoms with E-state index in [0.29, 0.717) is 23.4 Å². The molecule has 166 valence electrons. The highest BCUT2D eigenvalue weighted by Gasteiger charge is 2.37. The summed E-state index contributed by atoms with van der Waals surface area (Å²) < 4.78 is 62.1. The summed E-state index contributed by atoms with van der Waals surface area (Å²) >= 11 is 0. The lowest BCUT2D eigenvalue weighted by molar-refractivity contribution is -0.144. The molecule has 3 aromatic rings. The number of carbonyl (C=O) groups is 1. The molecule has 0 saturated heterocycles. The Labute approximate surface area is 175 Å². The van der Waals surface area contributed by atoms with Crippen LogP contribution in [0.2, 0.25) is 0 Å². The number of hydrogen-bond acceptors (Lipinski definition) is 6. The normalized spacial score (nSPS) is 12.3. The number of fused-ring (bicyclic) bond motifs is 1. The van der Waals surface area contributed by atoms with E-state index in [1.54, 1.807) is 26.0 Å². The van der Waals surface area contributed by atoms with Crippen LogP contribution in [0.4, 0.5) is 13.2 Å². The quantitative estimate of drug-likeness (QED) is 0.575. The molecule has 0 spiro atoms. The lowest BCUT2D eigenvalue weighted by atomic mass is 10.1. The van der Waals surface area contributed by atoms with Crippen molar-refractivity contribution in [1.29, 1.82) is 0 Å². The lowest BCUT2D eigenvalue weighted by Crippen LogP contribution is -2.28. The van der Waals surface area contributed by atoms with E-state index in [4.69, 9.17) is 5.14 Å². The minimum Gasteiger partial charge on any atom is -0.355 e. The van der Waals surface area contributed by atoms with Gasteiger partial charge >= 0.3 is 6.18 Å². The van der Waals surface area contributed by atoms with Crippen molar-refractivity contribution in [2.45, 2.75) is 37.8 Å². The van der Waals surface area contributed by atoms with Crippen LogP contribution in [0.3, 0.4) is 0 Å². The topological polar surface area (TPSA) is 132 Å². The number of amides is 1. The molecule has 0 aliphatic rings. The minimum absolute atomic E-state index is 0.00378. The van der Waals surface area contributed by atoms with Gasteiger partial charge in [0.15, 0.2) is 0 Å². The van der Waals surface area contributed by atoms with E-state index in [2.05, 4.69) is 20.4 Å². The molecule has 1 amide bonds. The molecule has 3 N–H and O–H groups in total. The average Bonchev–Trinajstić information content (AvgIpc) is 3.09. The molecule has 31 heavy (non-hydrogen) atoms. The first kappa shape index (κ1) is 22.6. The number of aromatic nitrogens is 4. The zero-order valence-corrected chi connectivity index (χ0v) is 17.4. The Morgan fingerprint density at radius 2 is 1.81 bits per heavy atom. The van der Waals surface area contributed by atoms with Gasteiger partial charge in [-0.1, -0.05) is 12.1 Å². The van der Waals surface area contributed by atoms with Gasteiger partial charge in [0.1, 0.15) is 0 Å². The molecule has 0 saturated carbocycles. The monoisotopic (exact) mass is 456 g/mol. The van der Waals surface area contributed by atoms with Gasteiger partial charge in [0.05, 0.1) is 11.3 Å². The number of alkyl halides is 3. The zero-order valence-electron chi connectivity index (χ0n) is 16.6. The van der Waals surface area contributed by atoms with Gasteiger partial charge in [-0.3, -0.25) is 4.79 Å². The Balaban J connectivity index is 1.66. The first-order chi connectivity index (χ1) is 14.4. The van der Waals surface area contributed by atoms with Crippen molar-refractivity contribution in [2.24, 2.45) is 5.14 Å². The lowest BCUT2D eigenvalue weighted by Gasteiger charge is -2.11. The largest absolute Gasteiger partial charge is 0.453 e. The Morgan fingerprint density at radius 1 is 1.16 bits per heavy atom. The number of nitrogens with zero attached hydrogens (tertiary/aromatic N) is 4. The van der Waals surface area contributed by atoms with E-state index in [-0.39, 0.29) is 29.5 Å². The first-order valence-electron chi connectivity index (χ1n) is 9.05. The van der Waals surface area contributed by atoms with Crippen molar-refractivity contribution in [1.82, 2.24) is 24.9 Å². The van der Waals surface area contributed by atoms with Gasteiger partial charge in [0.25, 0.3) is 11.6 Å². The van der Waals surface area contributed by atoms with Crippen LogP contribution >= 0.6 is 0 Å². The molecule has 0 unspecified atom stereocenters. The number of aryl methyl sites for hydroxylation is 2. The molecule has 0 aliphatic carbocycles. The summed E-state index contributed by atoms with van der Waals surface area (Å²) in [4.78, 5) is 19.8. The molecular formula is C18H19F3N6O3S. The van der Waals surface area contributed by atoms with Crippen LogP contribution in [0.15, 0.2) is 29.2 Å². The fourth-order valence-electron chi connectivity index (χ4n) is 3.00. The van der Waals surface area contributed by atoms with Crippen molar-refractivity contribution in [3.05, 3.63) is 52.6 Å². The van der Waals surface area contributed by atoms with Crippen LogP contribution in [0.25, 0.3) is 5.78 Å². The number of halogens is 3. The molecule has 3 rings (SSSR count). The van der Waals surface area contributed by atoms with Crippen molar-refractivity contribution in [3.63, 3.8) is 0 Å². The van der Waals surface area contributed by atoms with Gasteiger partial charge < -0.3 is 5.32 Å². The van der Waals surface area contributed by atoms with Gasteiger partial charge in [-0.05, 0) is 38.0 Å². The Bertz CT molecular complexity index is 1240. The molecule has 2 aromatic heterocycles. The smallest absolute Gasteiger partial charge is 0.355 e. The number of rotatable bonds is 6. The van der Waals surface area contributed by atoms with Gasteiger partial charge in [0, 0.05) is 23.5 Å². The summed E-state index contributed by atoms with van der Waals surface area (Å²) in [7, 11) is -3.77. The SMILES string of the molecule is Cc1nc2nc(C(F)(F)F)nn2c(C)c1CC(=O)NCCc1ccc(S(N)(=O)=O)cc1. The highest BCUT2D eigenvalue weighted by Crippen LogP contribution is 2.27. The second-order valence-electron chi connectivity index (χ2n) is 6.87. The fourth-order valence-corrected chi connectivity index (χ4v) is 3.51. The minimum atomic E-state index is -4.70. The van der Waals surface area contributed by atoms with Crippen LogP contribution in [-0.4, -0.2) is 40.5 Å². The summed E-state index contributed by atoms with van der Waals surface area (Å²) in [5.41, 5.74) is 1.99. The molecule has 0 bridgehead atoms. The van der Waals surface area contributed by atoms with Crippen LogP contribution in [0, 0.1) is 13.8 Å². The van der Waals surface area contributed by atoms with Crippen LogP contribution < -0.4 is 10.5 Å². The van der Waals surface area contributed by atoms with E-state index >= 15 is 0 Å². The Kier molecular flexibility index (Phi) is 6.00. The first-order valence-corrected chi connectivity index (χ1v) is 10.6. The number of sulfonamides is 1. The Morgan fingerprint density at radius 3 is 2.39 bits per heavy atom. The van der Waals surface area contributed by atoms with Crippen LogP contribution in [-0.2, 0) is 33.8 Å². The number of carbonyl (C=O) groups excluding carboxylic acids is 1. The van der Waals surface area contributed by atoms with Crippen molar-refractivity contribution in [2.75, 3.05) is 6.54 Å². The second kappa shape index (κ2) is 8.23. The molecule has 0 atom stereocenters. The van der Waals surface area contributed by atoms with Crippen LogP contribution in [0.1, 0.15) is 28.3 Å². The van der Waals surface area contributed by atoms with E-state index in [0.717, 1.165) is 10.1 Å². The van der Waals surface area contributed by atoms with E-state index in [9.17, 15) is 26.4 Å². The molecule has 9 nitrogen and oxygen atoms in total. The summed E-state index contributed by atoms with van der Waals surface area (Å²) in [5.74, 6) is -1.82. The number of primary sulfonamides is 1. The third-order valence-corrected chi connectivity index (χ3v) is 5.56. The van der Waals surface area contributed by atoms with Crippen LogP contribution in [0.5, 0.6) is 0 Å². The standard InChI is InChI=1S/C18H19F3N6O3S/c1-10-14(11(2)27-17(24-10)25-16(26-27)18(19,20)21)9-15(28)23-8-7-12-3-5-13(6-4-12)31(22,29)30/h3-6H,7-9H2,1-2H3,(H,23,28)(H2,22,29,30). The number of nitrogens with two attached hydrogens (primary N) is 1.